The molecule has 140 valence electrons. The molecular formula is C19H21BrN6O. The number of aromatic nitrogens is 3. The van der Waals surface area contributed by atoms with Gasteiger partial charge in [0.05, 0.1) is 19.3 Å². The van der Waals surface area contributed by atoms with Crippen LogP contribution in [0.4, 0.5) is 17.2 Å². The third-order valence-electron chi connectivity index (χ3n) is 5.28. The van der Waals surface area contributed by atoms with E-state index in [1.165, 1.54) is 5.69 Å². The Morgan fingerprint density at radius 2 is 2.04 bits per heavy atom. The number of anilines is 3. The van der Waals surface area contributed by atoms with Crippen molar-refractivity contribution in [3.05, 3.63) is 47.5 Å². The van der Waals surface area contributed by atoms with E-state index < -0.39 is 0 Å². The number of hydrogen-bond acceptors (Lipinski definition) is 6. The highest BCUT2D eigenvalue weighted by atomic mass is 79.9. The van der Waals surface area contributed by atoms with Crippen LogP contribution in [0.3, 0.4) is 0 Å². The Kier molecular flexibility index (Phi) is 4.47. The summed E-state index contributed by atoms with van der Waals surface area (Å²) < 4.78 is 8.36. The van der Waals surface area contributed by atoms with Crippen LogP contribution in [-0.4, -0.2) is 64.7 Å². The molecule has 0 bridgehead atoms. The Morgan fingerprint density at radius 3 is 2.93 bits per heavy atom. The molecule has 0 saturated carbocycles. The number of benzene rings is 1. The summed E-state index contributed by atoms with van der Waals surface area (Å²) in [6.07, 6.45) is 5.57. The second-order valence-corrected chi connectivity index (χ2v) is 7.77. The average Bonchev–Trinajstić information content (AvgIpc) is 3.17. The van der Waals surface area contributed by atoms with Gasteiger partial charge in [0, 0.05) is 56.1 Å². The topological polar surface area (TPSA) is 57.9 Å². The number of halogens is 1. The predicted molar refractivity (Wildman–Crippen MR) is 109 cm³/mol. The summed E-state index contributed by atoms with van der Waals surface area (Å²) in [6.45, 7) is 5.95. The minimum absolute atomic E-state index is 0.505. The fourth-order valence-corrected chi connectivity index (χ4v) is 4.26. The first-order chi connectivity index (χ1) is 13.3. The molecule has 4 heterocycles. The summed E-state index contributed by atoms with van der Waals surface area (Å²) >= 11 is 3.45. The maximum absolute atomic E-state index is 5.65. The third kappa shape index (κ3) is 3.40. The van der Waals surface area contributed by atoms with Crippen LogP contribution < -0.4 is 10.2 Å². The van der Waals surface area contributed by atoms with E-state index in [9.17, 15) is 0 Å². The van der Waals surface area contributed by atoms with E-state index in [1.807, 2.05) is 16.8 Å². The molecule has 1 unspecified atom stereocenters. The molecular weight excluding hydrogens is 408 g/mol. The summed E-state index contributed by atoms with van der Waals surface area (Å²) in [7, 11) is 0. The molecule has 2 aliphatic heterocycles. The molecule has 0 amide bonds. The van der Waals surface area contributed by atoms with Crippen molar-refractivity contribution in [3.63, 3.8) is 0 Å². The zero-order valence-electron chi connectivity index (χ0n) is 14.9. The van der Waals surface area contributed by atoms with Crippen LogP contribution >= 0.6 is 15.9 Å². The Labute approximate surface area is 166 Å². The van der Waals surface area contributed by atoms with Gasteiger partial charge in [-0.05, 0) is 40.2 Å². The molecule has 7 nitrogen and oxygen atoms in total. The van der Waals surface area contributed by atoms with Gasteiger partial charge in [-0.1, -0.05) is 0 Å². The van der Waals surface area contributed by atoms with Gasteiger partial charge in [0.25, 0.3) is 0 Å². The molecule has 1 atom stereocenters. The molecule has 2 aromatic heterocycles. The van der Waals surface area contributed by atoms with Crippen LogP contribution in [0.5, 0.6) is 0 Å². The molecule has 0 spiro atoms. The van der Waals surface area contributed by atoms with Crippen molar-refractivity contribution in [3.8, 4) is 0 Å². The lowest BCUT2D eigenvalue weighted by molar-refractivity contribution is -0.0116. The van der Waals surface area contributed by atoms with Crippen molar-refractivity contribution in [2.24, 2.45) is 0 Å². The largest absolute Gasteiger partial charge is 0.378 e. The van der Waals surface area contributed by atoms with E-state index in [1.54, 1.807) is 6.20 Å². The van der Waals surface area contributed by atoms with E-state index in [4.69, 9.17) is 4.74 Å². The number of ether oxygens (including phenoxy) is 1. The first-order valence-electron chi connectivity index (χ1n) is 9.19. The number of piperazine rings is 1. The third-order valence-corrected chi connectivity index (χ3v) is 5.66. The minimum Gasteiger partial charge on any atom is -0.378 e. The standard InChI is InChI=1S/C19H21BrN6O/c20-17-12-26-6-5-21-19(26)18(23-17)22-14-1-3-15(4-2-14)25-8-7-24-9-10-27-13-16(24)11-25/h1-6,12,16H,7-11,13H2,(H,22,23). The SMILES string of the molecule is Brc1cn2ccnc2c(Nc2ccc(N3CCN4CCOCC4C3)cc2)n1. The number of rotatable bonds is 3. The number of hydrogen-bond donors (Lipinski definition) is 1. The van der Waals surface area contributed by atoms with Gasteiger partial charge in [0.2, 0.25) is 0 Å². The van der Waals surface area contributed by atoms with Crippen LogP contribution in [-0.2, 0) is 4.74 Å². The number of morpholine rings is 1. The van der Waals surface area contributed by atoms with Crippen molar-refractivity contribution in [1.82, 2.24) is 19.3 Å². The lowest BCUT2D eigenvalue weighted by atomic mass is 10.1. The van der Waals surface area contributed by atoms with Crippen LogP contribution in [0.1, 0.15) is 0 Å². The number of nitrogens with zero attached hydrogens (tertiary/aromatic N) is 5. The van der Waals surface area contributed by atoms with Crippen molar-refractivity contribution in [2.45, 2.75) is 6.04 Å². The fraction of sp³-hybridized carbons (Fsp3) is 0.368. The lowest BCUT2D eigenvalue weighted by Gasteiger charge is -2.44. The lowest BCUT2D eigenvalue weighted by Crippen LogP contribution is -2.58. The van der Waals surface area contributed by atoms with Crippen molar-refractivity contribution in [2.75, 3.05) is 49.6 Å². The van der Waals surface area contributed by atoms with Gasteiger partial charge in [-0.25, -0.2) is 9.97 Å². The minimum atomic E-state index is 0.505. The summed E-state index contributed by atoms with van der Waals surface area (Å²) in [4.78, 5) is 13.9. The highest BCUT2D eigenvalue weighted by molar-refractivity contribution is 9.10. The maximum atomic E-state index is 5.65. The highest BCUT2D eigenvalue weighted by Crippen LogP contribution is 2.25. The predicted octanol–water partition coefficient (Wildman–Crippen LogP) is 2.76. The van der Waals surface area contributed by atoms with Crippen molar-refractivity contribution >= 4 is 38.8 Å². The van der Waals surface area contributed by atoms with Crippen molar-refractivity contribution in [1.29, 1.82) is 0 Å². The second-order valence-electron chi connectivity index (χ2n) is 6.95. The first-order valence-corrected chi connectivity index (χ1v) is 9.98. The van der Waals surface area contributed by atoms with Crippen LogP contribution in [0.25, 0.3) is 5.65 Å². The Bertz CT molecular complexity index is 943. The average molecular weight is 429 g/mol. The van der Waals surface area contributed by atoms with Crippen LogP contribution in [0.2, 0.25) is 0 Å². The van der Waals surface area contributed by atoms with Gasteiger partial charge >= 0.3 is 0 Å². The van der Waals surface area contributed by atoms with Crippen molar-refractivity contribution < 1.29 is 4.74 Å². The molecule has 2 saturated heterocycles. The molecule has 1 aromatic carbocycles. The van der Waals surface area contributed by atoms with Gasteiger partial charge in [-0.2, -0.15) is 0 Å². The Balaban J connectivity index is 1.32. The van der Waals surface area contributed by atoms with Crippen LogP contribution in [0.15, 0.2) is 47.5 Å². The molecule has 0 radical (unpaired) electrons. The molecule has 27 heavy (non-hydrogen) atoms. The van der Waals surface area contributed by atoms with E-state index in [0.717, 1.165) is 61.1 Å². The summed E-state index contributed by atoms with van der Waals surface area (Å²) in [5.41, 5.74) is 3.04. The quantitative estimate of drug-likeness (QED) is 0.691. The van der Waals surface area contributed by atoms with Gasteiger partial charge < -0.3 is 19.4 Å². The summed E-state index contributed by atoms with van der Waals surface area (Å²) in [5, 5.41) is 3.38. The van der Waals surface area contributed by atoms with Gasteiger partial charge in [-0.15, -0.1) is 0 Å². The molecule has 8 heteroatoms. The molecule has 2 fully saturated rings. The molecule has 0 aliphatic carbocycles. The van der Waals surface area contributed by atoms with Gasteiger partial charge in [-0.3, -0.25) is 4.90 Å². The fourth-order valence-electron chi connectivity index (χ4n) is 3.86. The van der Waals surface area contributed by atoms with E-state index in [0.29, 0.717) is 6.04 Å². The molecule has 2 aliphatic rings. The highest BCUT2D eigenvalue weighted by Gasteiger charge is 2.29. The van der Waals surface area contributed by atoms with Gasteiger partial charge in [0.15, 0.2) is 11.5 Å². The zero-order chi connectivity index (χ0) is 18.2. The molecule has 3 aromatic rings. The Hall–Kier alpha value is -2.16. The second kappa shape index (κ2) is 7.10. The van der Waals surface area contributed by atoms with E-state index >= 15 is 0 Å². The monoisotopic (exact) mass is 428 g/mol. The normalized spacial score (nSPS) is 20.6. The smallest absolute Gasteiger partial charge is 0.180 e. The molecule has 5 rings (SSSR count). The number of nitrogens with one attached hydrogen (secondary N) is 1. The maximum Gasteiger partial charge on any atom is 0.180 e. The number of imidazole rings is 1. The Morgan fingerprint density at radius 1 is 1.15 bits per heavy atom. The summed E-state index contributed by atoms with van der Waals surface area (Å²) in [6, 6.07) is 9.04. The number of fused-ring (bicyclic) bond motifs is 2. The summed E-state index contributed by atoms with van der Waals surface area (Å²) in [5.74, 6) is 0.732. The van der Waals surface area contributed by atoms with Crippen LogP contribution in [0, 0.1) is 0 Å². The van der Waals surface area contributed by atoms with E-state index in [-0.39, 0.29) is 0 Å². The van der Waals surface area contributed by atoms with E-state index in [2.05, 4.69) is 65.3 Å². The molecule has 1 N–H and O–H groups in total. The zero-order valence-corrected chi connectivity index (χ0v) is 16.5. The first kappa shape index (κ1) is 17.0. The van der Waals surface area contributed by atoms with Gasteiger partial charge in [0.1, 0.15) is 4.60 Å².